The van der Waals surface area contributed by atoms with Gasteiger partial charge in [-0.2, -0.15) is 0 Å². The molecule has 0 aromatic carbocycles. The van der Waals surface area contributed by atoms with Crippen LogP contribution in [0.1, 0.15) is 71.1 Å². The number of rotatable bonds is 14. The molecule has 0 aromatic heterocycles. The Kier molecular flexibility index (Phi) is 15.8. The maximum Gasteiger partial charge on any atom is 0.0682 e. The fourth-order valence-electron chi connectivity index (χ4n) is 1.86. The van der Waals surface area contributed by atoms with Gasteiger partial charge in [-0.1, -0.05) is 64.7 Å². The van der Waals surface area contributed by atoms with Crippen LogP contribution in [-0.4, -0.2) is 19.7 Å². The highest BCUT2D eigenvalue weighted by molar-refractivity contribution is 4.47. The van der Waals surface area contributed by atoms with Crippen molar-refractivity contribution in [3.63, 3.8) is 0 Å². The summed E-state index contributed by atoms with van der Waals surface area (Å²) in [5.74, 6) is 0. The highest BCUT2D eigenvalue weighted by Gasteiger charge is 1.92. The van der Waals surface area contributed by atoms with Gasteiger partial charge in [-0.15, -0.1) is 0 Å². The molecule has 0 atom stereocenters. The van der Waals surface area contributed by atoms with Crippen LogP contribution in [0.25, 0.3) is 0 Å². The molecule has 0 aliphatic heterocycles. The molecule has 0 aliphatic rings. The van der Waals surface area contributed by atoms with Gasteiger partial charge >= 0.3 is 0 Å². The van der Waals surface area contributed by atoms with Crippen LogP contribution in [0.5, 0.6) is 0 Å². The minimum atomic E-state index is 0.637. The zero-order valence-corrected chi connectivity index (χ0v) is 11.7. The van der Waals surface area contributed by atoms with Crippen molar-refractivity contribution in [3.05, 3.63) is 0 Å². The summed E-state index contributed by atoms with van der Waals surface area (Å²) in [5, 5.41) is 0. The molecule has 0 spiro atoms. The second-order valence-electron chi connectivity index (χ2n) is 4.71. The molecule has 0 aromatic rings. The zero-order chi connectivity index (χ0) is 12.6. The lowest BCUT2D eigenvalue weighted by molar-refractivity contribution is 0.0405. The van der Waals surface area contributed by atoms with Gasteiger partial charge in [0.25, 0.3) is 0 Å². The van der Waals surface area contributed by atoms with E-state index in [2.05, 4.69) is 12.4 Å². The van der Waals surface area contributed by atoms with Crippen molar-refractivity contribution in [1.29, 1.82) is 0 Å². The number of hydroxylamine groups is 1. The molecule has 0 saturated carbocycles. The summed E-state index contributed by atoms with van der Waals surface area (Å²) in [5.41, 5.74) is 8.17. The molecule has 0 amide bonds. The average molecular weight is 244 g/mol. The van der Waals surface area contributed by atoms with E-state index in [0.29, 0.717) is 6.54 Å². The van der Waals surface area contributed by atoms with Crippen LogP contribution in [0.2, 0.25) is 0 Å². The molecule has 0 saturated heterocycles. The molecule has 104 valence electrons. The summed E-state index contributed by atoms with van der Waals surface area (Å²) in [6.07, 6.45) is 13.6. The Morgan fingerprint density at radius 3 is 1.88 bits per heavy atom. The first kappa shape index (κ1) is 16.9. The molecule has 3 N–H and O–H groups in total. The molecular formula is C14H32N2O. The van der Waals surface area contributed by atoms with Gasteiger partial charge in [0, 0.05) is 13.1 Å². The van der Waals surface area contributed by atoms with Gasteiger partial charge in [0.2, 0.25) is 0 Å². The maximum absolute atomic E-state index is 5.33. The van der Waals surface area contributed by atoms with Crippen LogP contribution in [0.4, 0.5) is 0 Å². The van der Waals surface area contributed by atoms with E-state index in [-0.39, 0.29) is 0 Å². The number of hydrogen-bond acceptors (Lipinski definition) is 3. The van der Waals surface area contributed by atoms with E-state index in [0.717, 1.165) is 19.6 Å². The lowest BCUT2D eigenvalue weighted by Gasteiger charge is -2.04. The quantitative estimate of drug-likeness (QED) is 0.364. The Morgan fingerprint density at radius 1 is 0.824 bits per heavy atom. The molecule has 0 heterocycles. The first-order chi connectivity index (χ1) is 8.41. The van der Waals surface area contributed by atoms with Crippen molar-refractivity contribution < 1.29 is 4.84 Å². The summed E-state index contributed by atoms with van der Waals surface area (Å²) in [7, 11) is 0. The van der Waals surface area contributed by atoms with Gasteiger partial charge in [-0.25, -0.2) is 5.48 Å². The van der Waals surface area contributed by atoms with Crippen LogP contribution in [0.3, 0.4) is 0 Å². The summed E-state index contributed by atoms with van der Waals surface area (Å²) in [6.45, 7) is 4.47. The van der Waals surface area contributed by atoms with E-state index in [9.17, 15) is 0 Å². The Labute approximate surface area is 107 Å². The molecule has 3 nitrogen and oxygen atoms in total. The third-order valence-electron chi connectivity index (χ3n) is 2.95. The molecule has 0 unspecified atom stereocenters. The van der Waals surface area contributed by atoms with Crippen LogP contribution in [0, 0.1) is 0 Å². The largest absolute Gasteiger partial charge is 0.329 e. The van der Waals surface area contributed by atoms with Crippen molar-refractivity contribution in [2.45, 2.75) is 71.1 Å². The van der Waals surface area contributed by atoms with Crippen molar-refractivity contribution in [2.75, 3.05) is 19.7 Å². The van der Waals surface area contributed by atoms with Gasteiger partial charge in [0.15, 0.2) is 0 Å². The predicted octanol–water partition coefficient (Wildman–Crippen LogP) is 3.39. The molecule has 0 bridgehead atoms. The number of nitrogens with two attached hydrogens (primary N) is 1. The topological polar surface area (TPSA) is 47.3 Å². The van der Waals surface area contributed by atoms with E-state index in [1.54, 1.807) is 0 Å². The molecule has 3 heteroatoms. The van der Waals surface area contributed by atoms with Crippen LogP contribution in [0.15, 0.2) is 0 Å². The van der Waals surface area contributed by atoms with Crippen LogP contribution >= 0.6 is 0 Å². The summed E-state index contributed by atoms with van der Waals surface area (Å²) < 4.78 is 0. The van der Waals surface area contributed by atoms with Crippen molar-refractivity contribution in [1.82, 2.24) is 5.48 Å². The standard InChI is InChI=1S/C14H32N2O/c1-2-3-4-5-6-7-8-9-10-11-14-17-16-13-12-15/h16H,2-15H2,1H3. The minimum absolute atomic E-state index is 0.637. The first-order valence-electron chi connectivity index (χ1n) is 7.46. The normalized spacial score (nSPS) is 10.9. The lowest BCUT2D eigenvalue weighted by atomic mass is 10.1. The lowest BCUT2D eigenvalue weighted by Crippen LogP contribution is -2.23. The number of unbranched alkanes of at least 4 members (excludes halogenated alkanes) is 9. The molecule has 0 rings (SSSR count). The fourth-order valence-corrected chi connectivity index (χ4v) is 1.86. The second kappa shape index (κ2) is 15.9. The summed E-state index contributed by atoms with van der Waals surface area (Å²) in [6, 6.07) is 0. The first-order valence-corrected chi connectivity index (χ1v) is 7.46. The summed E-state index contributed by atoms with van der Waals surface area (Å²) >= 11 is 0. The van der Waals surface area contributed by atoms with Gasteiger partial charge in [-0.3, -0.25) is 0 Å². The molecule has 0 fully saturated rings. The SMILES string of the molecule is CCCCCCCCCCCCONCCN. The fraction of sp³-hybridized carbons (Fsp3) is 1.00. The van der Waals surface area contributed by atoms with Gasteiger partial charge in [0.05, 0.1) is 6.61 Å². The Bertz CT molecular complexity index is 117. The van der Waals surface area contributed by atoms with Gasteiger partial charge < -0.3 is 10.6 Å². The summed E-state index contributed by atoms with van der Waals surface area (Å²) in [4.78, 5) is 5.22. The van der Waals surface area contributed by atoms with Crippen LogP contribution in [-0.2, 0) is 4.84 Å². The number of hydrogen-bond donors (Lipinski definition) is 2. The van der Waals surface area contributed by atoms with Crippen LogP contribution < -0.4 is 11.2 Å². The van der Waals surface area contributed by atoms with Crippen molar-refractivity contribution in [3.8, 4) is 0 Å². The van der Waals surface area contributed by atoms with E-state index >= 15 is 0 Å². The van der Waals surface area contributed by atoms with Gasteiger partial charge in [-0.05, 0) is 6.42 Å². The minimum Gasteiger partial charge on any atom is -0.329 e. The van der Waals surface area contributed by atoms with E-state index in [1.165, 1.54) is 57.8 Å². The third-order valence-corrected chi connectivity index (χ3v) is 2.95. The van der Waals surface area contributed by atoms with E-state index in [1.807, 2.05) is 0 Å². The molecule has 0 aliphatic carbocycles. The molecular weight excluding hydrogens is 212 g/mol. The van der Waals surface area contributed by atoms with Crippen molar-refractivity contribution >= 4 is 0 Å². The van der Waals surface area contributed by atoms with Gasteiger partial charge in [0.1, 0.15) is 0 Å². The van der Waals surface area contributed by atoms with E-state index < -0.39 is 0 Å². The third kappa shape index (κ3) is 15.9. The molecule has 0 radical (unpaired) electrons. The zero-order valence-electron chi connectivity index (χ0n) is 11.7. The molecule has 17 heavy (non-hydrogen) atoms. The maximum atomic E-state index is 5.33. The second-order valence-corrected chi connectivity index (χ2v) is 4.71. The Balaban J connectivity index is 2.85. The highest BCUT2D eigenvalue weighted by Crippen LogP contribution is 2.10. The number of nitrogens with one attached hydrogen (secondary N) is 1. The predicted molar refractivity (Wildman–Crippen MR) is 74.9 cm³/mol. The average Bonchev–Trinajstić information content (AvgIpc) is 2.35. The van der Waals surface area contributed by atoms with E-state index in [4.69, 9.17) is 10.6 Å². The highest BCUT2D eigenvalue weighted by atomic mass is 16.6. The Hall–Kier alpha value is -0.120. The smallest absolute Gasteiger partial charge is 0.0682 e. The van der Waals surface area contributed by atoms with Crippen molar-refractivity contribution in [2.24, 2.45) is 5.73 Å². The monoisotopic (exact) mass is 244 g/mol. The Morgan fingerprint density at radius 2 is 1.35 bits per heavy atom.